The maximum absolute atomic E-state index is 6.41. The van der Waals surface area contributed by atoms with Crippen LogP contribution in [0.1, 0.15) is 5.69 Å². The number of pyridine rings is 2. The average Bonchev–Trinajstić information content (AvgIpc) is 2.47. The minimum Gasteiger partial charge on any atom is -1.00 e. The number of aromatic nitrogens is 1. The molecule has 0 aliphatic carbocycles. The van der Waals surface area contributed by atoms with Crippen molar-refractivity contribution in [3.8, 4) is 0 Å². The van der Waals surface area contributed by atoms with Crippen molar-refractivity contribution in [1.82, 2.24) is 0 Å². The molecule has 0 amide bonds. The SMILES string of the molecule is Cc1cc2ccccc2c2cc3ccccc3c(N)[n+]12.[Cl-]. The van der Waals surface area contributed by atoms with Gasteiger partial charge in [0.05, 0.1) is 5.39 Å². The molecule has 0 bridgehead atoms. The molecule has 0 saturated carbocycles. The quantitative estimate of drug-likeness (QED) is 0.288. The number of rotatable bonds is 0. The van der Waals surface area contributed by atoms with Crippen molar-refractivity contribution in [2.24, 2.45) is 0 Å². The zero-order chi connectivity index (χ0) is 13.7. The van der Waals surface area contributed by atoms with Crippen LogP contribution in [-0.2, 0) is 0 Å². The van der Waals surface area contributed by atoms with Crippen molar-refractivity contribution in [1.29, 1.82) is 0 Å². The summed E-state index contributed by atoms with van der Waals surface area (Å²) in [6.07, 6.45) is 0. The van der Waals surface area contributed by atoms with Crippen LogP contribution < -0.4 is 22.5 Å². The zero-order valence-electron chi connectivity index (χ0n) is 11.7. The maximum Gasteiger partial charge on any atom is 0.285 e. The third-order valence-corrected chi connectivity index (χ3v) is 3.96. The van der Waals surface area contributed by atoms with Gasteiger partial charge in [-0.15, -0.1) is 0 Å². The second kappa shape index (κ2) is 4.90. The summed E-state index contributed by atoms with van der Waals surface area (Å²) in [4.78, 5) is 0. The van der Waals surface area contributed by atoms with E-state index in [2.05, 4.69) is 65.9 Å². The van der Waals surface area contributed by atoms with Crippen molar-refractivity contribution >= 4 is 32.9 Å². The molecule has 2 aromatic heterocycles. The molecule has 0 aliphatic rings. The fraction of sp³-hybridized carbons (Fsp3) is 0.0556. The fourth-order valence-corrected chi connectivity index (χ4v) is 3.04. The normalized spacial score (nSPS) is 10.9. The summed E-state index contributed by atoms with van der Waals surface area (Å²) in [6, 6.07) is 21.1. The Morgan fingerprint density at radius 2 is 1.38 bits per heavy atom. The van der Waals surface area contributed by atoms with Crippen molar-refractivity contribution in [2.75, 3.05) is 5.73 Å². The summed E-state index contributed by atoms with van der Waals surface area (Å²) in [5.41, 5.74) is 8.73. The summed E-state index contributed by atoms with van der Waals surface area (Å²) in [7, 11) is 0. The van der Waals surface area contributed by atoms with Gasteiger partial charge in [-0.3, -0.25) is 5.73 Å². The van der Waals surface area contributed by atoms with E-state index in [-0.39, 0.29) is 12.4 Å². The first-order valence-corrected chi connectivity index (χ1v) is 6.77. The molecule has 0 aliphatic heterocycles. The Bertz CT molecular complexity index is 977. The summed E-state index contributed by atoms with van der Waals surface area (Å²) in [5.74, 6) is 0.807. The van der Waals surface area contributed by atoms with Crippen LogP contribution in [0.15, 0.2) is 60.7 Å². The number of fused-ring (bicyclic) bond motifs is 4. The highest BCUT2D eigenvalue weighted by Crippen LogP contribution is 2.25. The fourth-order valence-electron chi connectivity index (χ4n) is 3.04. The molecule has 2 nitrogen and oxygen atoms in total. The van der Waals surface area contributed by atoms with Gasteiger partial charge >= 0.3 is 0 Å². The van der Waals surface area contributed by atoms with Gasteiger partial charge in [0.2, 0.25) is 0 Å². The van der Waals surface area contributed by atoms with E-state index in [1.165, 1.54) is 16.2 Å². The lowest BCUT2D eigenvalue weighted by Gasteiger charge is -2.08. The van der Waals surface area contributed by atoms with Crippen molar-refractivity contribution in [3.63, 3.8) is 0 Å². The van der Waals surface area contributed by atoms with Crippen molar-refractivity contribution < 1.29 is 16.8 Å². The molecular weight excluding hydrogens is 280 g/mol. The van der Waals surface area contributed by atoms with E-state index in [1.54, 1.807) is 0 Å². The molecule has 2 aromatic carbocycles. The zero-order valence-corrected chi connectivity index (χ0v) is 12.4. The molecular formula is C18H15ClN2. The topological polar surface area (TPSA) is 30.1 Å². The lowest BCUT2D eigenvalue weighted by atomic mass is 10.1. The summed E-state index contributed by atoms with van der Waals surface area (Å²) in [5, 5.41) is 4.76. The summed E-state index contributed by atoms with van der Waals surface area (Å²) < 4.78 is 2.14. The first-order valence-electron chi connectivity index (χ1n) is 6.77. The van der Waals surface area contributed by atoms with Gasteiger partial charge in [-0.2, -0.15) is 4.40 Å². The van der Waals surface area contributed by atoms with Gasteiger partial charge in [-0.1, -0.05) is 42.5 Å². The Morgan fingerprint density at radius 3 is 2.10 bits per heavy atom. The minimum atomic E-state index is 0. The molecule has 2 heterocycles. The number of nitrogens with zero attached hydrogens (tertiary/aromatic N) is 1. The largest absolute Gasteiger partial charge is 1.00 e. The van der Waals surface area contributed by atoms with Gasteiger partial charge < -0.3 is 12.4 Å². The third kappa shape index (κ3) is 1.91. The minimum absolute atomic E-state index is 0. The highest BCUT2D eigenvalue weighted by atomic mass is 35.5. The van der Waals surface area contributed by atoms with Gasteiger partial charge in [0.1, 0.15) is 11.2 Å². The van der Waals surface area contributed by atoms with E-state index in [0.717, 1.165) is 22.4 Å². The van der Waals surface area contributed by atoms with Crippen LogP contribution in [0.5, 0.6) is 0 Å². The van der Waals surface area contributed by atoms with Crippen LogP contribution in [-0.4, -0.2) is 0 Å². The Hall–Kier alpha value is -2.32. The number of nitrogens with two attached hydrogens (primary N) is 1. The van der Waals surface area contributed by atoms with Crippen LogP contribution in [0.25, 0.3) is 27.1 Å². The average molecular weight is 295 g/mol. The molecule has 3 heteroatoms. The number of aryl methyl sites for hydroxylation is 1. The van der Waals surface area contributed by atoms with Gasteiger partial charge in [0.25, 0.3) is 5.82 Å². The van der Waals surface area contributed by atoms with Gasteiger partial charge in [0, 0.05) is 5.39 Å². The second-order valence-electron chi connectivity index (χ2n) is 5.21. The van der Waals surface area contributed by atoms with Gasteiger partial charge in [-0.25, -0.2) is 0 Å². The predicted octanol–water partition coefficient (Wildman–Crippen LogP) is 0.626. The molecule has 4 aromatic rings. The molecule has 0 fully saturated rings. The molecule has 4 rings (SSSR count). The number of halogens is 1. The molecule has 2 N–H and O–H groups in total. The highest BCUT2D eigenvalue weighted by Gasteiger charge is 2.15. The van der Waals surface area contributed by atoms with E-state index in [9.17, 15) is 0 Å². The summed E-state index contributed by atoms with van der Waals surface area (Å²) >= 11 is 0. The molecule has 21 heavy (non-hydrogen) atoms. The van der Waals surface area contributed by atoms with E-state index in [0.29, 0.717) is 0 Å². The van der Waals surface area contributed by atoms with E-state index in [1.807, 2.05) is 6.07 Å². The Labute approximate surface area is 129 Å². The number of benzene rings is 2. The highest BCUT2D eigenvalue weighted by molar-refractivity contribution is 6.00. The Balaban J connectivity index is 0.00000132. The number of hydrogen-bond acceptors (Lipinski definition) is 1. The van der Waals surface area contributed by atoms with Crippen LogP contribution in [0, 0.1) is 6.92 Å². The Kier molecular flexibility index (Phi) is 3.19. The monoisotopic (exact) mass is 294 g/mol. The number of hydrogen-bond donors (Lipinski definition) is 1. The molecule has 0 unspecified atom stereocenters. The Morgan fingerprint density at radius 1 is 0.810 bits per heavy atom. The predicted molar refractivity (Wildman–Crippen MR) is 83.8 cm³/mol. The van der Waals surface area contributed by atoms with Crippen LogP contribution >= 0.6 is 0 Å². The van der Waals surface area contributed by atoms with Crippen molar-refractivity contribution in [3.05, 3.63) is 66.4 Å². The molecule has 104 valence electrons. The first-order chi connectivity index (χ1) is 9.75. The van der Waals surface area contributed by atoms with E-state index in [4.69, 9.17) is 5.73 Å². The lowest BCUT2D eigenvalue weighted by molar-refractivity contribution is -0.501. The second-order valence-corrected chi connectivity index (χ2v) is 5.21. The lowest BCUT2D eigenvalue weighted by Crippen LogP contribution is -3.00. The molecule has 0 radical (unpaired) electrons. The number of nitrogen functional groups attached to an aromatic ring is 1. The van der Waals surface area contributed by atoms with E-state index < -0.39 is 0 Å². The molecule has 0 saturated heterocycles. The van der Waals surface area contributed by atoms with Gasteiger partial charge in [0.15, 0.2) is 0 Å². The third-order valence-electron chi connectivity index (χ3n) is 3.96. The van der Waals surface area contributed by atoms with E-state index >= 15 is 0 Å². The van der Waals surface area contributed by atoms with Gasteiger partial charge in [-0.05, 0) is 35.9 Å². The van der Waals surface area contributed by atoms with Crippen LogP contribution in [0.2, 0.25) is 0 Å². The van der Waals surface area contributed by atoms with Crippen molar-refractivity contribution in [2.45, 2.75) is 6.92 Å². The number of anilines is 1. The molecule has 0 spiro atoms. The molecule has 0 atom stereocenters. The first kappa shape index (κ1) is 13.7. The maximum atomic E-state index is 6.41. The standard InChI is InChI=1S/C18H14N2.ClH/c1-12-10-13-6-2-4-8-15(13)17-11-14-7-3-5-9-16(14)18(19)20(12)17;/h2-11,19H,1H3;1H. The summed E-state index contributed by atoms with van der Waals surface area (Å²) in [6.45, 7) is 2.10. The smallest absolute Gasteiger partial charge is 0.285 e. The van der Waals surface area contributed by atoms with Crippen LogP contribution in [0.3, 0.4) is 0 Å². The van der Waals surface area contributed by atoms with Crippen LogP contribution in [0.4, 0.5) is 5.82 Å².